The second-order valence-electron chi connectivity index (χ2n) is 3.91. The van der Waals surface area contributed by atoms with E-state index in [0.717, 1.165) is 16.9 Å². The monoisotopic (exact) mass is 258 g/mol. The van der Waals surface area contributed by atoms with Crippen LogP contribution in [0.25, 0.3) is 17.0 Å². The van der Waals surface area contributed by atoms with Gasteiger partial charge in [-0.1, -0.05) is 23.7 Å². The lowest BCUT2D eigenvalue weighted by atomic mass is 10.2. The van der Waals surface area contributed by atoms with E-state index in [1.54, 1.807) is 22.8 Å². The molecule has 0 aliphatic carbocycles. The van der Waals surface area contributed by atoms with Crippen LogP contribution < -0.4 is 5.32 Å². The smallest absolute Gasteiger partial charge is 0.182 e. The number of fused-ring (bicyclic) bond motifs is 1. The summed E-state index contributed by atoms with van der Waals surface area (Å²) >= 11 is 5.93. The third-order valence-electron chi connectivity index (χ3n) is 2.71. The van der Waals surface area contributed by atoms with Gasteiger partial charge >= 0.3 is 0 Å². The van der Waals surface area contributed by atoms with Crippen molar-refractivity contribution in [1.82, 2.24) is 14.6 Å². The summed E-state index contributed by atoms with van der Waals surface area (Å²) in [4.78, 5) is 4.46. The minimum atomic E-state index is 0.658. The fourth-order valence-corrected chi connectivity index (χ4v) is 1.95. The molecular formula is C13H11ClN4. The summed E-state index contributed by atoms with van der Waals surface area (Å²) in [6, 6.07) is 11.5. The maximum atomic E-state index is 5.93. The van der Waals surface area contributed by atoms with E-state index < -0.39 is 0 Å². The summed E-state index contributed by atoms with van der Waals surface area (Å²) < 4.78 is 1.72. The third-order valence-corrected chi connectivity index (χ3v) is 2.94. The first-order chi connectivity index (χ1) is 8.76. The van der Waals surface area contributed by atoms with E-state index in [-0.39, 0.29) is 0 Å². The Hall–Kier alpha value is -2.07. The molecule has 0 saturated carbocycles. The van der Waals surface area contributed by atoms with Crippen molar-refractivity contribution in [1.29, 1.82) is 0 Å². The van der Waals surface area contributed by atoms with Crippen LogP contribution in [-0.4, -0.2) is 21.6 Å². The maximum absolute atomic E-state index is 5.93. The molecule has 1 aromatic carbocycles. The normalized spacial score (nSPS) is 10.8. The minimum absolute atomic E-state index is 0.658. The summed E-state index contributed by atoms with van der Waals surface area (Å²) in [6.07, 6.45) is 1.80. The largest absolute Gasteiger partial charge is 0.388 e. The van der Waals surface area contributed by atoms with Gasteiger partial charge in [-0.3, -0.25) is 0 Å². The van der Waals surface area contributed by atoms with Crippen molar-refractivity contribution in [2.75, 3.05) is 12.4 Å². The summed E-state index contributed by atoms with van der Waals surface area (Å²) in [5.74, 6) is 0.689. The molecule has 0 bridgehead atoms. The van der Waals surface area contributed by atoms with Gasteiger partial charge in [-0.15, -0.1) is 5.10 Å². The number of hydrogen-bond acceptors (Lipinski definition) is 3. The Balaban J connectivity index is 2.13. The fourth-order valence-electron chi connectivity index (χ4n) is 1.79. The number of aromatic nitrogens is 3. The summed E-state index contributed by atoms with van der Waals surface area (Å²) in [6.45, 7) is 0. The number of anilines is 1. The molecule has 3 aromatic rings. The van der Waals surface area contributed by atoms with Gasteiger partial charge in [-0.05, 0) is 18.2 Å². The molecule has 0 aliphatic rings. The number of halogens is 1. The molecule has 0 spiro atoms. The Kier molecular flexibility index (Phi) is 2.64. The molecular weight excluding hydrogens is 248 g/mol. The molecule has 2 aromatic heterocycles. The van der Waals surface area contributed by atoms with Gasteiger partial charge in [0, 0.05) is 35.6 Å². The molecule has 0 fully saturated rings. The molecule has 2 heterocycles. The number of benzene rings is 1. The van der Waals surface area contributed by atoms with Crippen molar-refractivity contribution < 1.29 is 0 Å². The van der Waals surface area contributed by atoms with E-state index in [1.807, 2.05) is 31.3 Å². The molecule has 4 nitrogen and oxygen atoms in total. The molecule has 0 aliphatic heterocycles. The molecule has 0 radical (unpaired) electrons. The second kappa shape index (κ2) is 4.31. The maximum Gasteiger partial charge on any atom is 0.182 e. The van der Waals surface area contributed by atoms with Gasteiger partial charge in [0.25, 0.3) is 0 Å². The lowest BCUT2D eigenvalue weighted by Crippen LogP contribution is -1.89. The molecule has 0 amide bonds. The van der Waals surface area contributed by atoms with Gasteiger partial charge in [-0.25, -0.2) is 9.50 Å². The molecule has 5 heteroatoms. The molecule has 3 rings (SSSR count). The van der Waals surface area contributed by atoms with E-state index in [4.69, 9.17) is 11.6 Å². The summed E-state index contributed by atoms with van der Waals surface area (Å²) in [5, 5.41) is 8.17. The van der Waals surface area contributed by atoms with Crippen LogP contribution in [0.4, 0.5) is 5.69 Å². The van der Waals surface area contributed by atoms with Crippen molar-refractivity contribution in [2.24, 2.45) is 0 Å². The van der Waals surface area contributed by atoms with Crippen LogP contribution in [0.1, 0.15) is 0 Å². The van der Waals surface area contributed by atoms with Crippen LogP contribution in [0, 0.1) is 0 Å². The molecule has 18 heavy (non-hydrogen) atoms. The fraction of sp³-hybridized carbons (Fsp3) is 0.0769. The van der Waals surface area contributed by atoms with Crippen molar-refractivity contribution in [2.45, 2.75) is 0 Å². The van der Waals surface area contributed by atoms with E-state index in [2.05, 4.69) is 15.4 Å². The number of rotatable bonds is 2. The van der Waals surface area contributed by atoms with Gasteiger partial charge in [0.2, 0.25) is 0 Å². The Bertz CT molecular complexity index is 705. The summed E-state index contributed by atoms with van der Waals surface area (Å²) in [5.41, 5.74) is 2.75. The first-order valence-electron chi connectivity index (χ1n) is 5.56. The number of nitrogens with one attached hydrogen (secondary N) is 1. The molecule has 0 unspecified atom stereocenters. The predicted octanol–water partition coefficient (Wildman–Crippen LogP) is 3.09. The van der Waals surface area contributed by atoms with E-state index in [1.165, 1.54) is 0 Å². The lowest BCUT2D eigenvalue weighted by Gasteiger charge is -2.00. The number of pyridine rings is 1. The average Bonchev–Trinajstić information content (AvgIpc) is 2.81. The Morgan fingerprint density at radius 1 is 1.22 bits per heavy atom. The Labute approximate surface area is 109 Å². The minimum Gasteiger partial charge on any atom is -0.388 e. The standard InChI is InChI=1S/C13H11ClN4/c1-15-11-4-2-3-9(7-11)13-16-12-8-10(14)5-6-18(12)17-13/h2-8,15H,1H3. The number of hydrogen-bond donors (Lipinski definition) is 1. The van der Waals surface area contributed by atoms with Crippen LogP contribution in [0.5, 0.6) is 0 Å². The average molecular weight is 259 g/mol. The van der Waals surface area contributed by atoms with E-state index in [0.29, 0.717) is 10.8 Å². The topological polar surface area (TPSA) is 42.2 Å². The lowest BCUT2D eigenvalue weighted by molar-refractivity contribution is 0.966. The Morgan fingerprint density at radius 2 is 2.11 bits per heavy atom. The Morgan fingerprint density at radius 3 is 2.94 bits per heavy atom. The van der Waals surface area contributed by atoms with Crippen LogP contribution >= 0.6 is 11.6 Å². The zero-order valence-electron chi connectivity index (χ0n) is 9.76. The van der Waals surface area contributed by atoms with E-state index in [9.17, 15) is 0 Å². The van der Waals surface area contributed by atoms with Crippen LogP contribution in [0.2, 0.25) is 5.02 Å². The summed E-state index contributed by atoms with van der Waals surface area (Å²) in [7, 11) is 1.88. The van der Waals surface area contributed by atoms with Gasteiger partial charge in [-0.2, -0.15) is 0 Å². The molecule has 1 N–H and O–H groups in total. The highest BCUT2D eigenvalue weighted by Crippen LogP contribution is 2.20. The highest BCUT2D eigenvalue weighted by atomic mass is 35.5. The van der Waals surface area contributed by atoms with Crippen molar-refractivity contribution in [3.8, 4) is 11.4 Å². The van der Waals surface area contributed by atoms with Gasteiger partial charge in [0.1, 0.15) is 0 Å². The van der Waals surface area contributed by atoms with Crippen molar-refractivity contribution >= 4 is 22.9 Å². The zero-order chi connectivity index (χ0) is 12.5. The first-order valence-corrected chi connectivity index (χ1v) is 5.94. The first kappa shape index (κ1) is 11.0. The SMILES string of the molecule is CNc1cccc(-c2nc3cc(Cl)ccn3n2)c1. The van der Waals surface area contributed by atoms with E-state index >= 15 is 0 Å². The molecule has 0 saturated heterocycles. The van der Waals surface area contributed by atoms with Gasteiger partial charge in [0.15, 0.2) is 11.5 Å². The quantitative estimate of drug-likeness (QED) is 0.768. The third kappa shape index (κ3) is 1.91. The van der Waals surface area contributed by atoms with Crippen molar-refractivity contribution in [3.63, 3.8) is 0 Å². The highest BCUT2D eigenvalue weighted by molar-refractivity contribution is 6.30. The number of nitrogens with zero attached hydrogens (tertiary/aromatic N) is 3. The van der Waals surface area contributed by atoms with Crippen LogP contribution in [0.15, 0.2) is 42.6 Å². The molecule has 0 atom stereocenters. The predicted molar refractivity (Wildman–Crippen MR) is 73.0 cm³/mol. The second-order valence-corrected chi connectivity index (χ2v) is 4.35. The van der Waals surface area contributed by atoms with Gasteiger partial charge < -0.3 is 5.32 Å². The zero-order valence-corrected chi connectivity index (χ0v) is 10.5. The van der Waals surface area contributed by atoms with Crippen molar-refractivity contribution in [3.05, 3.63) is 47.6 Å². The van der Waals surface area contributed by atoms with Crippen LogP contribution in [0.3, 0.4) is 0 Å². The highest BCUT2D eigenvalue weighted by Gasteiger charge is 2.06. The molecule has 90 valence electrons. The van der Waals surface area contributed by atoms with Gasteiger partial charge in [0.05, 0.1) is 0 Å². The van der Waals surface area contributed by atoms with Crippen LogP contribution in [-0.2, 0) is 0 Å².